The van der Waals surface area contributed by atoms with E-state index in [0.29, 0.717) is 18.7 Å². The number of likely N-dealkylation sites (N-methyl/N-ethyl adjacent to an activating group) is 1. The lowest BCUT2D eigenvalue weighted by Gasteiger charge is -2.16. The van der Waals surface area contributed by atoms with Crippen LogP contribution in [0.4, 0.5) is 0 Å². The van der Waals surface area contributed by atoms with E-state index in [0.717, 1.165) is 8.95 Å². The van der Waals surface area contributed by atoms with Crippen LogP contribution in [0.15, 0.2) is 27.1 Å². The number of rotatable bonds is 3. The van der Waals surface area contributed by atoms with Crippen molar-refractivity contribution in [1.29, 1.82) is 0 Å². The highest BCUT2D eigenvalue weighted by Gasteiger charge is 2.14. The monoisotopic (exact) mass is 334 g/mol. The fourth-order valence-corrected chi connectivity index (χ4v) is 1.94. The molecule has 15 heavy (non-hydrogen) atoms. The van der Waals surface area contributed by atoms with Crippen molar-refractivity contribution in [3.8, 4) is 0 Å². The van der Waals surface area contributed by atoms with Crippen molar-refractivity contribution in [2.45, 2.75) is 0 Å². The van der Waals surface area contributed by atoms with Crippen LogP contribution in [-0.2, 0) is 0 Å². The zero-order valence-electron chi connectivity index (χ0n) is 8.34. The first-order valence-electron chi connectivity index (χ1n) is 4.47. The molecule has 5 heteroatoms. The molecule has 0 radical (unpaired) electrons. The van der Waals surface area contributed by atoms with Crippen LogP contribution >= 0.6 is 31.9 Å². The number of amides is 1. The van der Waals surface area contributed by atoms with Crippen LogP contribution in [0, 0.1) is 0 Å². The molecule has 0 saturated heterocycles. The van der Waals surface area contributed by atoms with Gasteiger partial charge in [0, 0.05) is 29.1 Å². The Morgan fingerprint density at radius 2 is 2.13 bits per heavy atom. The van der Waals surface area contributed by atoms with E-state index in [2.05, 4.69) is 31.9 Å². The summed E-state index contributed by atoms with van der Waals surface area (Å²) in [5, 5.41) is 0. The number of carbonyl (C=O) groups is 1. The van der Waals surface area contributed by atoms with Gasteiger partial charge in [0.1, 0.15) is 0 Å². The van der Waals surface area contributed by atoms with E-state index in [1.165, 1.54) is 0 Å². The first-order chi connectivity index (χ1) is 7.06. The van der Waals surface area contributed by atoms with Crippen molar-refractivity contribution in [1.82, 2.24) is 4.90 Å². The molecule has 1 rings (SSSR count). The van der Waals surface area contributed by atoms with E-state index in [1.807, 2.05) is 12.1 Å². The quantitative estimate of drug-likeness (QED) is 0.920. The number of nitrogens with two attached hydrogens (primary N) is 1. The maximum atomic E-state index is 11.9. The second-order valence-electron chi connectivity index (χ2n) is 3.14. The SMILES string of the molecule is CN(CCN)C(=O)c1cc(Br)ccc1Br. The molecule has 0 fully saturated rings. The van der Waals surface area contributed by atoms with Crippen molar-refractivity contribution < 1.29 is 4.79 Å². The molecule has 3 nitrogen and oxygen atoms in total. The summed E-state index contributed by atoms with van der Waals surface area (Å²) in [6.45, 7) is 1.02. The topological polar surface area (TPSA) is 46.3 Å². The summed E-state index contributed by atoms with van der Waals surface area (Å²) in [6, 6.07) is 5.51. The lowest BCUT2D eigenvalue weighted by molar-refractivity contribution is 0.0798. The Balaban J connectivity index is 2.95. The maximum Gasteiger partial charge on any atom is 0.254 e. The van der Waals surface area contributed by atoms with E-state index in [9.17, 15) is 4.79 Å². The largest absolute Gasteiger partial charge is 0.340 e. The zero-order valence-corrected chi connectivity index (χ0v) is 11.5. The third-order valence-corrected chi connectivity index (χ3v) is 3.15. The lowest BCUT2D eigenvalue weighted by atomic mass is 10.2. The number of carbonyl (C=O) groups excluding carboxylic acids is 1. The van der Waals surface area contributed by atoms with E-state index in [-0.39, 0.29) is 5.91 Å². The Morgan fingerprint density at radius 3 is 2.73 bits per heavy atom. The number of nitrogens with zero attached hydrogens (tertiary/aromatic N) is 1. The summed E-state index contributed by atoms with van der Waals surface area (Å²) >= 11 is 6.69. The van der Waals surface area contributed by atoms with Gasteiger partial charge < -0.3 is 10.6 Å². The molecule has 0 bridgehead atoms. The smallest absolute Gasteiger partial charge is 0.254 e. The fraction of sp³-hybridized carbons (Fsp3) is 0.300. The number of halogens is 2. The number of hydrogen-bond donors (Lipinski definition) is 1. The second kappa shape index (κ2) is 5.63. The van der Waals surface area contributed by atoms with Gasteiger partial charge in [0.25, 0.3) is 5.91 Å². The van der Waals surface area contributed by atoms with Crippen LogP contribution in [0.1, 0.15) is 10.4 Å². The summed E-state index contributed by atoms with van der Waals surface area (Å²) in [7, 11) is 1.74. The highest BCUT2D eigenvalue weighted by molar-refractivity contribution is 9.11. The second-order valence-corrected chi connectivity index (χ2v) is 4.91. The van der Waals surface area contributed by atoms with Crippen LogP contribution < -0.4 is 5.73 Å². The van der Waals surface area contributed by atoms with Gasteiger partial charge in [0.05, 0.1) is 5.56 Å². The standard InChI is InChI=1S/C10H12Br2N2O/c1-14(5-4-13)10(15)8-6-7(11)2-3-9(8)12/h2-3,6H,4-5,13H2,1H3. The molecule has 0 atom stereocenters. The first-order valence-corrected chi connectivity index (χ1v) is 6.05. The minimum Gasteiger partial charge on any atom is -0.340 e. The molecular formula is C10H12Br2N2O. The molecule has 0 aromatic heterocycles. The summed E-state index contributed by atoms with van der Waals surface area (Å²) in [6.07, 6.45) is 0. The van der Waals surface area contributed by atoms with E-state index in [1.54, 1.807) is 18.0 Å². The molecule has 82 valence electrons. The van der Waals surface area contributed by atoms with Crippen molar-refractivity contribution in [3.05, 3.63) is 32.7 Å². The van der Waals surface area contributed by atoms with Gasteiger partial charge >= 0.3 is 0 Å². The third-order valence-electron chi connectivity index (χ3n) is 1.97. The average molecular weight is 336 g/mol. The number of benzene rings is 1. The summed E-state index contributed by atoms with van der Waals surface area (Å²) < 4.78 is 1.68. The molecule has 0 unspecified atom stereocenters. The van der Waals surface area contributed by atoms with Gasteiger partial charge in [-0.15, -0.1) is 0 Å². The van der Waals surface area contributed by atoms with Crippen molar-refractivity contribution in [2.24, 2.45) is 5.73 Å². The van der Waals surface area contributed by atoms with Crippen molar-refractivity contribution in [2.75, 3.05) is 20.1 Å². The van der Waals surface area contributed by atoms with Gasteiger partial charge in [-0.05, 0) is 34.1 Å². The van der Waals surface area contributed by atoms with Gasteiger partial charge in [0.15, 0.2) is 0 Å². The highest BCUT2D eigenvalue weighted by Crippen LogP contribution is 2.22. The maximum absolute atomic E-state index is 11.9. The van der Waals surface area contributed by atoms with Gasteiger partial charge in [0.2, 0.25) is 0 Å². The van der Waals surface area contributed by atoms with Crippen LogP contribution in [0.25, 0.3) is 0 Å². The van der Waals surface area contributed by atoms with Crippen molar-refractivity contribution >= 4 is 37.8 Å². The predicted octanol–water partition coefficient (Wildman–Crippen LogP) is 2.24. The minimum absolute atomic E-state index is 0.0337. The van der Waals surface area contributed by atoms with E-state index in [4.69, 9.17) is 5.73 Å². The molecule has 1 aromatic rings. The van der Waals surface area contributed by atoms with Gasteiger partial charge in [-0.1, -0.05) is 15.9 Å². The molecule has 0 heterocycles. The summed E-state index contributed by atoms with van der Waals surface area (Å²) in [4.78, 5) is 13.5. The molecule has 0 spiro atoms. The van der Waals surface area contributed by atoms with Crippen LogP contribution in [-0.4, -0.2) is 30.9 Å². The van der Waals surface area contributed by atoms with Crippen molar-refractivity contribution in [3.63, 3.8) is 0 Å². The molecule has 0 aliphatic rings. The molecular weight excluding hydrogens is 324 g/mol. The molecule has 2 N–H and O–H groups in total. The van der Waals surface area contributed by atoms with Gasteiger partial charge in [-0.2, -0.15) is 0 Å². The molecule has 0 aliphatic carbocycles. The summed E-state index contributed by atoms with van der Waals surface area (Å²) in [5.41, 5.74) is 6.04. The highest BCUT2D eigenvalue weighted by atomic mass is 79.9. The Labute approximate surface area is 106 Å². The Morgan fingerprint density at radius 1 is 1.47 bits per heavy atom. The third kappa shape index (κ3) is 3.29. The average Bonchev–Trinajstić information content (AvgIpc) is 2.21. The molecule has 0 saturated carbocycles. The minimum atomic E-state index is -0.0337. The summed E-state index contributed by atoms with van der Waals surface area (Å²) in [5.74, 6) is -0.0337. The van der Waals surface area contributed by atoms with E-state index >= 15 is 0 Å². The van der Waals surface area contributed by atoms with Gasteiger partial charge in [-0.3, -0.25) is 4.79 Å². The van der Waals surface area contributed by atoms with Crippen LogP contribution in [0.2, 0.25) is 0 Å². The van der Waals surface area contributed by atoms with E-state index < -0.39 is 0 Å². The lowest BCUT2D eigenvalue weighted by Crippen LogP contribution is -2.31. The molecule has 0 aliphatic heterocycles. The van der Waals surface area contributed by atoms with Gasteiger partial charge in [-0.25, -0.2) is 0 Å². The zero-order chi connectivity index (χ0) is 11.4. The van der Waals surface area contributed by atoms with Crippen LogP contribution in [0.5, 0.6) is 0 Å². The normalized spacial score (nSPS) is 10.1. The molecule has 1 amide bonds. The first kappa shape index (κ1) is 12.7. The Kier molecular flexibility index (Phi) is 4.76. The molecule has 1 aromatic carbocycles. The Hall–Kier alpha value is -0.390. The van der Waals surface area contributed by atoms with Crippen LogP contribution in [0.3, 0.4) is 0 Å². The number of hydrogen-bond acceptors (Lipinski definition) is 2. The fourth-order valence-electron chi connectivity index (χ4n) is 1.16. The Bertz CT molecular complexity index is 368. The predicted molar refractivity (Wildman–Crippen MR) is 67.9 cm³/mol.